The minimum atomic E-state index is -0.466. The van der Waals surface area contributed by atoms with Gasteiger partial charge in [0.2, 0.25) is 0 Å². The Morgan fingerprint density at radius 1 is 1.20 bits per heavy atom. The van der Waals surface area contributed by atoms with E-state index in [4.69, 9.17) is 26.4 Å². The Kier molecular flexibility index (Phi) is 7.64. The van der Waals surface area contributed by atoms with Gasteiger partial charge in [0.1, 0.15) is 4.32 Å². The maximum atomic E-state index is 12.9. The van der Waals surface area contributed by atoms with Crippen molar-refractivity contribution in [2.45, 2.75) is 45.1 Å². The number of hydrogen-bond donors (Lipinski definition) is 0. The fraction of sp³-hybridized carbons (Fsp3) is 0.370. The number of thiocarbonyl (C=S) groups is 1. The Bertz CT molecular complexity index is 1160. The number of nitrogens with zero attached hydrogens (tertiary/aromatic N) is 1. The molecule has 2 saturated heterocycles. The zero-order chi connectivity index (χ0) is 25.2. The van der Waals surface area contributed by atoms with E-state index >= 15 is 0 Å². The van der Waals surface area contributed by atoms with Gasteiger partial charge in [-0.1, -0.05) is 63.0 Å². The summed E-state index contributed by atoms with van der Waals surface area (Å²) >= 11 is 6.70. The second-order valence-electron chi connectivity index (χ2n) is 9.55. The highest BCUT2D eigenvalue weighted by atomic mass is 32.2. The molecule has 2 heterocycles. The number of benzene rings is 2. The smallest absolute Gasteiger partial charge is 0.343 e. The number of amides is 1. The molecule has 1 unspecified atom stereocenters. The molecule has 1 atom stereocenters. The first-order chi connectivity index (χ1) is 16.7. The highest BCUT2D eigenvalue weighted by Gasteiger charge is 2.34. The number of carbonyl (C=O) groups is 2. The molecule has 0 bridgehead atoms. The molecule has 4 rings (SSSR count). The number of methoxy groups -OCH3 is 1. The maximum Gasteiger partial charge on any atom is 0.343 e. The molecule has 2 aromatic rings. The van der Waals surface area contributed by atoms with Gasteiger partial charge in [-0.15, -0.1) is 0 Å². The van der Waals surface area contributed by atoms with Crippen LogP contribution >= 0.6 is 24.0 Å². The van der Waals surface area contributed by atoms with Crippen LogP contribution in [-0.4, -0.2) is 47.5 Å². The van der Waals surface area contributed by atoms with E-state index in [1.54, 1.807) is 41.3 Å². The van der Waals surface area contributed by atoms with Crippen LogP contribution in [0.4, 0.5) is 0 Å². The summed E-state index contributed by atoms with van der Waals surface area (Å²) in [5.74, 6) is 0.115. The summed E-state index contributed by atoms with van der Waals surface area (Å²) in [6.45, 7) is 7.57. The van der Waals surface area contributed by atoms with Gasteiger partial charge in [0.05, 0.1) is 30.2 Å². The van der Waals surface area contributed by atoms with Gasteiger partial charge in [-0.2, -0.15) is 0 Å². The predicted octanol–water partition coefficient (Wildman–Crippen LogP) is 5.59. The lowest BCUT2D eigenvalue weighted by Crippen LogP contribution is -2.35. The lowest BCUT2D eigenvalue weighted by atomic mass is 9.87. The molecular weight excluding hydrogens is 482 g/mol. The maximum absolute atomic E-state index is 12.9. The first-order valence-corrected chi connectivity index (χ1v) is 12.8. The third-order valence-corrected chi connectivity index (χ3v) is 7.34. The van der Waals surface area contributed by atoms with Crippen molar-refractivity contribution >= 4 is 46.3 Å². The predicted molar refractivity (Wildman–Crippen MR) is 142 cm³/mol. The Labute approximate surface area is 215 Å². The fourth-order valence-corrected chi connectivity index (χ4v) is 5.20. The van der Waals surface area contributed by atoms with Crippen molar-refractivity contribution in [2.75, 3.05) is 20.3 Å². The van der Waals surface area contributed by atoms with Gasteiger partial charge in [-0.25, -0.2) is 4.79 Å². The summed E-state index contributed by atoms with van der Waals surface area (Å²) in [5, 5.41) is 0. The van der Waals surface area contributed by atoms with Crippen LogP contribution in [0.3, 0.4) is 0 Å². The van der Waals surface area contributed by atoms with E-state index in [1.807, 2.05) is 12.1 Å². The second-order valence-corrected chi connectivity index (χ2v) is 11.2. The molecule has 0 aromatic heterocycles. The average Bonchev–Trinajstić information content (AvgIpc) is 3.43. The van der Waals surface area contributed by atoms with Crippen LogP contribution in [0.5, 0.6) is 11.5 Å². The van der Waals surface area contributed by atoms with Crippen LogP contribution < -0.4 is 9.47 Å². The Morgan fingerprint density at radius 3 is 2.57 bits per heavy atom. The average molecular weight is 512 g/mol. The molecule has 0 radical (unpaired) electrons. The Balaban J connectivity index is 1.47. The van der Waals surface area contributed by atoms with E-state index < -0.39 is 5.97 Å². The first-order valence-electron chi connectivity index (χ1n) is 11.5. The zero-order valence-corrected chi connectivity index (χ0v) is 22.0. The number of ether oxygens (including phenoxy) is 3. The molecule has 2 fully saturated rings. The number of carbonyl (C=O) groups excluding carboxylic acids is 2. The third kappa shape index (κ3) is 5.94. The number of esters is 1. The van der Waals surface area contributed by atoms with E-state index in [-0.39, 0.29) is 17.4 Å². The monoisotopic (exact) mass is 511 g/mol. The van der Waals surface area contributed by atoms with E-state index in [1.165, 1.54) is 18.9 Å². The zero-order valence-electron chi connectivity index (χ0n) is 20.3. The van der Waals surface area contributed by atoms with Crippen LogP contribution in [0, 0.1) is 0 Å². The van der Waals surface area contributed by atoms with Crippen molar-refractivity contribution in [3.63, 3.8) is 0 Å². The molecule has 2 aliphatic rings. The molecule has 0 spiro atoms. The molecule has 1 amide bonds. The van der Waals surface area contributed by atoms with Crippen LogP contribution in [-0.2, 0) is 14.9 Å². The summed E-state index contributed by atoms with van der Waals surface area (Å²) < 4.78 is 17.2. The van der Waals surface area contributed by atoms with Crippen LogP contribution in [0.1, 0.15) is 55.1 Å². The first kappa shape index (κ1) is 25.4. The summed E-state index contributed by atoms with van der Waals surface area (Å²) in [5.41, 5.74) is 2.34. The van der Waals surface area contributed by atoms with Crippen LogP contribution in [0.25, 0.3) is 6.08 Å². The van der Waals surface area contributed by atoms with Gasteiger partial charge in [-0.05, 0) is 59.7 Å². The van der Waals surface area contributed by atoms with Crippen LogP contribution in [0.2, 0.25) is 0 Å². The molecule has 0 N–H and O–H groups in total. The van der Waals surface area contributed by atoms with Crippen molar-refractivity contribution in [1.29, 1.82) is 0 Å². The summed E-state index contributed by atoms with van der Waals surface area (Å²) in [7, 11) is 1.51. The highest BCUT2D eigenvalue weighted by molar-refractivity contribution is 8.26. The van der Waals surface area contributed by atoms with Gasteiger partial charge in [0.25, 0.3) is 5.91 Å². The minimum Gasteiger partial charge on any atom is -0.493 e. The van der Waals surface area contributed by atoms with E-state index in [0.29, 0.717) is 32.8 Å². The van der Waals surface area contributed by atoms with Crippen molar-refractivity contribution < 1.29 is 23.8 Å². The topological polar surface area (TPSA) is 65.1 Å². The summed E-state index contributed by atoms with van der Waals surface area (Å²) in [6.07, 6.45) is 3.76. The lowest BCUT2D eigenvalue weighted by molar-refractivity contribution is -0.123. The van der Waals surface area contributed by atoms with Gasteiger partial charge >= 0.3 is 5.97 Å². The number of rotatable bonds is 6. The normalized spacial score (nSPS) is 19.5. The number of thioether (sulfide) groups is 1. The molecule has 2 aliphatic heterocycles. The fourth-order valence-electron chi connectivity index (χ4n) is 3.92. The molecule has 2 aromatic carbocycles. The lowest BCUT2D eigenvalue weighted by Gasteiger charge is -2.19. The van der Waals surface area contributed by atoms with Crippen molar-refractivity contribution in [2.24, 2.45) is 0 Å². The SMILES string of the molecule is COc1cc(/C=C2/SC(=S)N(CC3CCCO3)C2=O)ccc1OC(=O)c1ccc(C(C)(C)C)cc1. The molecule has 0 aliphatic carbocycles. The van der Waals surface area contributed by atoms with Gasteiger partial charge in [0.15, 0.2) is 11.5 Å². The van der Waals surface area contributed by atoms with Gasteiger partial charge in [0, 0.05) is 6.61 Å². The minimum absolute atomic E-state index is 0.0000323. The Hall–Kier alpha value is -2.68. The molecule has 35 heavy (non-hydrogen) atoms. The van der Waals surface area contributed by atoms with Crippen molar-refractivity contribution in [3.05, 3.63) is 64.1 Å². The van der Waals surface area contributed by atoms with Crippen LogP contribution in [0.15, 0.2) is 47.4 Å². The highest BCUT2D eigenvalue weighted by Crippen LogP contribution is 2.35. The Morgan fingerprint density at radius 2 is 1.94 bits per heavy atom. The molecule has 8 heteroatoms. The summed E-state index contributed by atoms with van der Waals surface area (Å²) in [6, 6.07) is 12.6. The summed E-state index contributed by atoms with van der Waals surface area (Å²) in [4.78, 5) is 27.8. The molecule has 6 nitrogen and oxygen atoms in total. The van der Waals surface area contributed by atoms with Crippen molar-refractivity contribution in [3.8, 4) is 11.5 Å². The van der Waals surface area contributed by atoms with E-state index in [9.17, 15) is 9.59 Å². The van der Waals surface area contributed by atoms with E-state index in [0.717, 1.165) is 30.6 Å². The largest absolute Gasteiger partial charge is 0.493 e. The quantitative estimate of drug-likeness (QED) is 0.217. The van der Waals surface area contributed by atoms with Gasteiger partial charge in [-0.3, -0.25) is 9.69 Å². The molecule has 0 saturated carbocycles. The van der Waals surface area contributed by atoms with Gasteiger partial charge < -0.3 is 14.2 Å². The third-order valence-electron chi connectivity index (χ3n) is 5.96. The van der Waals surface area contributed by atoms with Crippen molar-refractivity contribution in [1.82, 2.24) is 4.90 Å². The molecular formula is C27H29NO5S2. The standard InChI is InChI=1S/C27H29NO5S2/c1-27(2,3)19-10-8-18(9-11-19)25(30)33-21-12-7-17(14-22(21)31-4)15-23-24(29)28(26(34)35-23)16-20-6-5-13-32-20/h7-12,14-15,20H,5-6,13,16H2,1-4H3/b23-15+. The number of hydrogen-bond acceptors (Lipinski definition) is 7. The second kappa shape index (κ2) is 10.5. The molecule has 184 valence electrons. The van der Waals surface area contributed by atoms with E-state index in [2.05, 4.69) is 20.8 Å².